The summed E-state index contributed by atoms with van der Waals surface area (Å²) < 4.78 is 5.80. The molecule has 116 valence electrons. The summed E-state index contributed by atoms with van der Waals surface area (Å²) >= 11 is 0. The molecule has 0 unspecified atom stereocenters. The molecule has 1 aliphatic rings. The second-order valence-electron chi connectivity index (χ2n) is 5.94. The summed E-state index contributed by atoms with van der Waals surface area (Å²) in [6, 6.07) is 6.84. The SMILES string of the molecule is Cc1cc(C)cc(OCCCN(CCC(=O)O)C2CC2)c1. The van der Waals surface area contributed by atoms with E-state index in [4.69, 9.17) is 9.84 Å². The Labute approximate surface area is 126 Å². The molecule has 2 rings (SSSR count). The molecule has 1 fully saturated rings. The lowest BCUT2D eigenvalue weighted by atomic mass is 10.1. The third kappa shape index (κ3) is 5.76. The summed E-state index contributed by atoms with van der Waals surface area (Å²) in [4.78, 5) is 13.0. The molecule has 0 radical (unpaired) electrons. The second kappa shape index (κ2) is 7.46. The number of aryl methyl sites for hydroxylation is 2. The smallest absolute Gasteiger partial charge is 0.304 e. The molecule has 1 aromatic rings. The molecular formula is C17H25NO3. The van der Waals surface area contributed by atoms with Crippen LogP contribution in [0.3, 0.4) is 0 Å². The van der Waals surface area contributed by atoms with Crippen molar-refractivity contribution in [2.45, 2.75) is 45.6 Å². The molecule has 1 aromatic carbocycles. The predicted octanol–water partition coefficient (Wildman–Crippen LogP) is 3.01. The minimum atomic E-state index is -0.716. The van der Waals surface area contributed by atoms with Crippen LogP contribution in [0.5, 0.6) is 5.75 Å². The maximum atomic E-state index is 10.7. The van der Waals surface area contributed by atoms with Gasteiger partial charge in [-0.15, -0.1) is 0 Å². The van der Waals surface area contributed by atoms with Crippen molar-refractivity contribution < 1.29 is 14.6 Å². The van der Waals surface area contributed by atoms with Crippen molar-refractivity contribution in [2.24, 2.45) is 0 Å². The van der Waals surface area contributed by atoms with Gasteiger partial charge in [-0.2, -0.15) is 0 Å². The van der Waals surface area contributed by atoms with Gasteiger partial charge in [0.2, 0.25) is 0 Å². The number of hydrogen-bond acceptors (Lipinski definition) is 3. The van der Waals surface area contributed by atoms with Gasteiger partial charge < -0.3 is 9.84 Å². The highest BCUT2D eigenvalue weighted by molar-refractivity contribution is 5.66. The minimum Gasteiger partial charge on any atom is -0.494 e. The number of nitrogens with zero attached hydrogens (tertiary/aromatic N) is 1. The van der Waals surface area contributed by atoms with E-state index in [-0.39, 0.29) is 6.42 Å². The molecule has 4 heteroatoms. The number of carboxylic acids is 1. The number of aliphatic carboxylic acids is 1. The first-order valence-corrected chi connectivity index (χ1v) is 7.71. The molecule has 0 heterocycles. The Hall–Kier alpha value is -1.55. The van der Waals surface area contributed by atoms with Crippen LogP contribution in [-0.4, -0.2) is 41.7 Å². The minimum absolute atomic E-state index is 0.231. The largest absolute Gasteiger partial charge is 0.494 e. The molecule has 0 aliphatic heterocycles. The zero-order valence-electron chi connectivity index (χ0n) is 13.0. The van der Waals surface area contributed by atoms with Crippen LogP contribution in [-0.2, 0) is 4.79 Å². The zero-order valence-corrected chi connectivity index (χ0v) is 13.0. The van der Waals surface area contributed by atoms with Crippen molar-refractivity contribution in [3.8, 4) is 5.75 Å². The average molecular weight is 291 g/mol. The van der Waals surface area contributed by atoms with Gasteiger partial charge in [-0.25, -0.2) is 0 Å². The topological polar surface area (TPSA) is 49.8 Å². The Morgan fingerprint density at radius 1 is 1.24 bits per heavy atom. The molecule has 0 saturated heterocycles. The molecule has 21 heavy (non-hydrogen) atoms. The first kappa shape index (κ1) is 15.8. The lowest BCUT2D eigenvalue weighted by Gasteiger charge is -2.21. The Balaban J connectivity index is 1.70. The van der Waals surface area contributed by atoms with E-state index in [9.17, 15) is 4.79 Å². The van der Waals surface area contributed by atoms with E-state index in [1.54, 1.807) is 0 Å². The summed E-state index contributed by atoms with van der Waals surface area (Å²) in [5.74, 6) is 0.211. The number of carboxylic acid groups (broad SMARTS) is 1. The van der Waals surface area contributed by atoms with Crippen LogP contribution in [0.2, 0.25) is 0 Å². The van der Waals surface area contributed by atoms with Crippen molar-refractivity contribution in [2.75, 3.05) is 19.7 Å². The monoisotopic (exact) mass is 291 g/mol. The van der Waals surface area contributed by atoms with Gasteiger partial charge in [0.1, 0.15) is 5.75 Å². The lowest BCUT2D eigenvalue weighted by Crippen LogP contribution is -2.30. The standard InChI is InChI=1S/C17H25NO3/c1-13-10-14(2)12-16(11-13)21-9-3-7-18(15-4-5-15)8-6-17(19)20/h10-12,15H,3-9H2,1-2H3,(H,19,20). The summed E-state index contributed by atoms with van der Waals surface area (Å²) in [6.07, 6.45) is 3.58. The molecule has 0 aromatic heterocycles. The normalized spacial score (nSPS) is 14.4. The molecule has 0 spiro atoms. The van der Waals surface area contributed by atoms with Crippen LogP contribution in [0.1, 0.15) is 36.8 Å². The maximum Gasteiger partial charge on any atom is 0.304 e. The van der Waals surface area contributed by atoms with Gasteiger partial charge in [-0.1, -0.05) is 6.07 Å². The Bertz CT molecular complexity index is 463. The highest BCUT2D eigenvalue weighted by Gasteiger charge is 2.28. The number of benzene rings is 1. The fourth-order valence-corrected chi connectivity index (χ4v) is 2.63. The van der Waals surface area contributed by atoms with E-state index < -0.39 is 5.97 Å². The number of ether oxygens (including phenoxy) is 1. The highest BCUT2D eigenvalue weighted by Crippen LogP contribution is 2.27. The fraction of sp³-hybridized carbons (Fsp3) is 0.588. The quantitative estimate of drug-likeness (QED) is 0.711. The maximum absolute atomic E-state index is 10.7. The fourth-order valence-electron chi connectivity index (χ4n) is 2.63. The lowest BCUT2D eigenvalue weighted by molar-refractivity contribution is -0.137. The Morgan fingerprint density at radius 3 is 2.48 bits per heavy atom. The number of carbonyl (C=O) groups is 1. The number of rotatable bonds is 9. The van der Waals surface area contributed by atoms with Gasteiger partial charge in [-0.3, -0.25) is 9.69 Å². The predicted molar refractivity (Wildman–Crippen MR) is 82.9 cm³/mol. The summed E-state index contributed by atoms with van der Waals surface area (Å²) in [7, 11) is 0. The Kier molecular flexibility index (Phi) is 5.62. The van der Waals surface area contributed by atoms with E-state index in [0.29, 0.717) is 19.2 Å². The molecule has 1 N–H and O–H groups in total. The van der Waals surface area contributed by atoms with Crippen molar-refractivity contribution in [3.63, 3.8) is 0 Å². The van der Waals surface area contributed by atoms with Crippen molar-refractivity contribution in [1.82, 2.24) is 4.90 Å². The van der Waals surface area contributed by atoms with E-state index in [2.05, 4.69) is 36.9 Å². The molecule has 0 atom stereocenters. The van der Waals surface area contributed by atoms with Crippen LogP contribution < -0.4 is 4.74 Å². The van der Waals surface area contributed by atoms with E-state index in [0.717, 1.165) is 18.7 Å². The van der Waals surface area contributed by atoms with Gasteiger partial charge in [0.05, 0.1) is 13.0 Å². The van der Waals surface area contributed by atoms with Crippen LogP contribution in [0.4, 0.5) is 0 Å². The van der Waals surface area contributed by atoms with Crippen molar-refractivity contribution in [3.05, 3.63) is 29.3 Å². The van der Waals surface area contributed by atoms with Crippen LogP contribution in [0, 0.1) is 13.8 Å². The average Bonchev–Trinajstić information content (AvgIpc) is 3.20. The molecule has 0 amide bonds. The van der Waals surface area contributed by atoms with E-state index in [1.807, 2.05) is 0 Å². The summed E-state index contributed by atoms with van der Waals surface area (Å²) in [6.45, 7) is 6.40. The molecule has 4 nitrogen and oxygen atoms in total. The molecule has 1 aliphatic carbocycles. The van der Waals surface area contributed by atoms with Gasteiger partial charge in [-0.05, 0) is 56.4 Å². The highest BCUT2D eigenvalue weighted by atomic mass is 16.5. The van der Waals surface area contributed by atoms with Crippen LogP contribution in [0.15, 0.2) is 18.2 Å². The van der Waals surface area contributed by atoms with E-state index in [1.165, 1.54) is 24.0 Å². The molecular weight excluding hydrogens is 266 g/mol. The zero-order chi connectivity index (χ0) is 15.2. The number of hydrogen-bond donors (Lipinski definition) is 1. The first-order valence-electron chi connectivity index (χ1n) is 7.71. The third-order valence-electron chi connectivity index (χ3n) is 3.73. The summed E-state index contributed by atoms with van der Waals surface area (Å²) in [5.41, 5.74) is 2.43. The van der Waals surface area contributed by atoms with Crippen molar-refractivity contribution in [1.29, 1.82) is 0 Å². The second-order valence-corrected chi connectivity index (χ2v) is 5.94. The first-order chi connectivity index (χ1) is 10.0. The van der Waals surface area contributed by atoms with E-state index >= 15 is 0 Å². The molecule has 1 saturated carbocycles. The summed E-state index contributed by atoms with van der Waals surface area (Å²) in [5, 5.41) is 8.79. The van der Waals surface area contributed by atoms with Gasteiger partial charge >= 0.3 is 5.97 Å². The van der Waals surface area contributed by atoms with Crippen LogP contribution in [0.25, 0.3) is 0 Å². The van der Waals surface area contributed by atoms with Crippen LogP contribution >= 0.6 is 0 Å². The third-order valence-corrected chi connectivity index (χ3v) is 3.73. The van der Waals surface area contributed by atoms with Gasteiger partial charge in [0.15, 0.2) is 0 Å². The Morgan fingerprint density at radius 2 is 1.90 bits per heavy atom. The molecule has 0 bridgehead atoms. The van der Waals surface area contributed by atoms with Gasteiger partial charge in [0, 0.05) is 19.1 Å². The van der Waals surface area contributed by atoms with Crippen molar-refractivity contribution >= 4 is 5.97 Å². The van der Waals surface area contributed by atoms with Gasteiger partial charge in [0.25, 0.3) is 0 Å².